The molecule has 0 aromatic heterocycles. The highest BCUT2D eigenvalue weighted by molar-refractivity contribution is 14.1. The Balaban J connectivity index is 1.30. The highest BCUT2D eigenvalue weighted by atomic mass is 127. The smallest absolute Gasteiger partial charge is 0.254 e. The highest BCUT2D eigenvalue weighted by Crippen LogP contribution is 2.34. The predicted molar refractivity (Wildman–Crippen MR) is 135 cm³/mol. The van der Waals surface area contributed by atoms with Gasteiger partial charge in [0, 0.05) is 29.6 Å². The monoisotopic (exact) mass is 534 g/mol. The SMILES string of the molecule is O=C1c2cccc(SCCCc3ccc(CCCI)cc3)c2CN1C1CCCNC1. The van der Waals surface area contributed by atoms with E-state index in [0.29, 0.717) is 6.04 Å². The van der Waals surface area contributed by atoms with E-state index in [1.807, 2.05) is 17.8 Å². The second kappa shape index (κ2) is 11.0. The van der Waals surface area contributed by atoms with E-state index in [9.17, 15) is 4.79 Å². The molecule has 0 radical (unpaired) electrons. The molecule has 1 saturated heterocycles. The molecule has 0 spiro atoms. The molecule has 2 aliphatic heterocycles. The Morgan fingerprint density at radius 2 is 1.83 bits per heavy atom. The lowest BCUT2D eigenvalue weighted by Crippen LogP contribution is -2.46. The summed E-state index contributed by atoms with van der Waals surface area (Å²) in [7, 11) is 0. The number of hydrogen-bond donors (Lipinski definition) is 1. The van der Waals surface area contributed by atoms with Gasteiger partial charge in [-0.3, -0.25) is 4.79 Å². The summed E-state index contributed by atoms with van der Waals surface area (Å²) in [6.07, 6.45) is 7.00. The van der Waals surface area contributed by atoms with Gasteiger partial charge in [-0.25, -0.2) is 0 Å². The third-order valence-corrected chi connectivity index (χ3v) is 8.10. The van der Waals surface area contributed by atoms with Gasteiger partial charge in [0.1, 0.15) is 0 Å². The van der Waals surface area contributed by atoms with E-state index in [0.717, 1.165) is 56.6 Å². The van der Waals surface area contributed by atoms with Crippen molar-refractivity contribution in [2.24, 2.45) is 0 Å². The van der Waals surface area contributed by atoms with Crippen LogP contribution in [0.1, 0.15) is 52.7 Å². The minimum Gasteiger partial charge on any atom is -0.330 e. The Kier molecular flexibility index (Phi) is 8.13. The average molecular weight is 535 g/mol. The number of hydrogen-bond acceptors (Lipinski definition) is 3. The van der Waals surface area contributed by atoms with Gasteiger partial charge in [-0.2, -0.15) is 0 Å². The van der Waals surface area contributed by atoms with Crippen LogP contribution in [0.15, 0.2) is 47.4 Å². The molecular formula is C25H31IN2OS. The Labute approximate surface area is 198 Å². The molecule has 30 heavy (non-hydrogen) atoms. The molecule has 1 atom stereocenters. The number of amides is 1. The molecule has 1 amide bonds. The average Bonchev–Trinajstić information content (AvgIpc) is 3.14. The molecule has 4 rings (SSSR count). The van der Waals surface area contributed by atoms with Crippen LogP contribution in [0.25, 0.3) is 0 Å². The van der Waals surface area contributed by atoms with Crippen LogP contribution in [0, 0.1) is 0 Å². The third-order valence-electron chi connectivity index (χ3n) is 6.15. The summed E-state index contributed by atoms with van der Waals surface area (Å²) in [5, 5.41) is 3.44. The number of piperidine rings is 1. The standard InChI is InChI=1S/C25H31IN2OS/c26-14-2-5-19-10-12-20(13-11-19)6-4-16-30-24-9-1-8-22-23(24)18-28(25(22)29)21-7-3-15-27-17-21/h1,8-13,21,27H,2-7,14-18H2. The van der Waals surface area contributed by atoms with E-state index in [2.05, 4.69) is 69.2 Å². The van der Waals surface area contributed by atoms with Gasteiger partial charge < -0.3 is 10.2 Å². The van der Waals surface area contributed by atoms with Crippen LogP contribution in [0.2, 0.25) is 0 Å². The van der Waals surface area contributed by atoms with Gasteiger partial charge in [0.25, 0.3) is 5.91 Å². The van der Waals surface area contributed by atoms with Crippen molar-refractivity contribution in [2.45, 2.75) is 56.0 Å². The van der Waals surface area contributed by atoms with Crippen LogP contribution >= 0.6 is 34.4 Å². The molecule has 0 aliphatic carbocycles. The highest BCUT2D eigenvalue weighted by Gasteiger charge is 2.34. The van der Waals surface area contributed by atoms with Gasteiger partial charge in [0.2, 0.25) is 0 Å². The van der Waals surface area contributed by atoms with Crippen molar-refractivity contribution in [2.75, 3.05) is 23.3 Å². The van der Waals surface area contributed by atoms with Gasteiger partial charge in [0.05, 0.1) is 0 Å². The number of aryl methyl sites for hydroxylation is 2. The summed E-state index contributed by atoms with van der Waals surface area (Å²) in [6, 6.07) is 15.8. The Hall–Kier alpha value is -1.05. The van der Waals surface area contributed by atoms with E-state index in [1.54, 1.807) is 0 Å². The number of nitrogens with zero attached hydrogens (tertiary/aromatic N) is 1. The van der Waals surface area contributed by atoms with Crippen LogP contribution in [0.3, 0.4) is 0 Å². The van der Waals surface area contributed by atoms with Crippen molar-refractivity contribution in [1.29, 1.82) is 0 Å². The normalized spacial score (nSPS) is 18.6. The molecule has 0 saturated carbocycles. The number of rotatable bonds is 9. The maximum atomic E-state index is 12.9. The molecule has 1 fully saturated rings. The number of alkyl halides is 1. The van der Waals surface area contributed by atoms with E-state index >= 15 is 0 Å². The molecule has 160 valence electrons. The van der Waals surface area contributed by atoms with Crippen molar-refractivity contribution < 1.29 is 4.79 Å². The minimum atomic E-state index is 0.226. The van der Waals surface area contributed by atoms with Gasteiger partial charge >= 0.3 is 0 Å². The molecule has 2 aliphatic rings. The fourth-order valence-corrected chi connectivity index (χ4v) is 5.87. The zero-order valence-corrected chi connectivity index (χ0v) is 20.5. The molecule has 2 heterocycles. The van der Waals surface area contributed by atoms with Gasteiger partial charge in [0.15, 0.2) is 0 Å². The topological polar surface area (TPSA) is 32.3 Å². The Morgan fingerprint density at radius 1 is 1.07 bits per heavy atom. The zero-order chi connectivity index (χ0) is 20.8. The van der Waals surface area contributed by atoms with Crippen LogP contribution in [0.4, 0.5) is 0 Å². The number of thioether (sulfide) groups is 1. The first-order valence-electron chi connectivity index (χ1n) is 11.2. The maximum absolute atomic E-state index is 12.9. The number of carbonyl (C=O) groups excluding carboxylic acids is 1. The lowest BCUT2D eigenvalue weighted by atomic mass is 10.1. The lowest BCUT2D eigenvalue weighted by molar-refractivity contribution is 0.0674. The molecule has 1 unspecified atom stereocenters. The summed E-state index contributed by atoms with van der Waals surface area (Å²) >= 11 is 4.36. The lowest BCUT2D eigenvalue weighted by Gasteiger charge is -2.31. The van der Waals surface area contributed by atoms with Gasteiger partial charge in [-0.1, -0.05) is 52.9 Å². The minimum absolute atomic E-state index is 0.226. The number of benzene rings is 2. The van der Waals surface area contributed by atoms with E-state index in [-0.39, 0.29) is 5.91 Å². The fourth-order valence-electron chi connectivity index (χ4n) is 4.46. The summed E-state index contributed by atoms with van der Waals surface area (Å²) in [6.45, 7) is 2.79. The van der Waals surface area contributed by atoms with Gasteiger partial charge in [-0.15, -0.1) is 11.8 Å². The molecule has 1 N–H and O–H groups in total. The summed E-state index contributed by atoms with van der Waals surface area (Å²) < 4.78 is 1.22. The second-order valence-electron chi connectivity index (χ2n) is 8.28. The first-order chi connectivity index (χ1) is 14.8. The summed E-state index contributed by atoms with van der Waals surface area (Å²) in [5.41, 5.74) is 5.05. The molecule has 5 heteroatoms. The molecule has 2 aromatic carbocycles. The predicted octanol–water partition coefficient (Wildman–Crippen LogP) is 5.49. The molecular weight excluding hydrogens is 503 g/mol. The first kappa shape index (κ1) is 22.2. The number of fused-ring (bicyclic) bond motifs is 1. The van der Waals surface area contributed by atoms with Crippen molar-refractivity contribution in [3.8, 4) is 0 Å². The fraction of sp³-hybridized carbons (Fsp3) is 0.480. The molecule has 3 nitrogen and oxygen atoms in total. The van der Waals surface area contributed by atoms with E-state index in [4.69, 9.17) is 0 Å². The van der Waals surface area contributed by atoms with Crippen molar-refractivity contribution in [3.63, 3.8) is 0 Å². The van der Waals surface area contributed by atoms with Crippen LogP contribution in [-0.2, 0) is 19.4 Å². The van der Waals surface area contributed by atoms with Crippen LogP contribution in [0.5, 0.6) is 0 Å². The Bertz CT molecular complexity index is 849. The van der Waals surface area contributed by atoms with Gasteiger partial charge in [-0.05, 0) is 84.1 Å². The van der Waals surface area contributed by atoms with E-state index in [1.165, 1.54) is 38.9 Å². The largest absolute Gasteiger partial charge is 0.330 e. The number of nitrogens with one attached hydrogen (secondary N) is 1. The van der Waals surface area contributed by atoms with Crippen molar-refractivity contribution >= 4 is 40.3 Å². The van der Waals surface area contributed by atoms with Crippen molar-refractivity contribution in [3.05, 3.63) is 64.7 Å². The van der Waals surface area contributed by atoms with E-state index < -0.39 is 0 Å². The molecule has 2 aromatic rings. The Morgan fingerprint density at radius 3 is 2.53 bits per heavy atom. The third kappa shape index (κ3) is 5.40. The quantitative estimate of drug-likeness (QED) is 0.200. The maximum Gasteiger partial charge on any atom is 0.254 e. The summed E-state index contributed by atoms with van der Waals surface area (Å²) in [5.74, 6) is 1.32. The first-order valence-corrected chi connectivity index (χ1v) is 13.7. The summed E-state index contributed by atoms with van der Waals surface area (Å²) in [4.78, 5) is 16.3. The zero-order valence-electron chi connectivity index (χ0n) is 17.5. The number of halogens is 1. The second-order valence-corrected chi connectivity index (χ2v) is 10.5. The number of carbonyl (C=O) groups is 1. The van der Waals surface area contributed by atoms with Crippen LogP contribution in [-0.4, -0.2) is 40.1 Å². The van der Waals surface area contributed by atoms with Crippen molar-refractivity contribution in [1.82, 2.24) is 10.2 Å². The van der Waals surface area contributed by atoms with Crippen LogP contribution < -0.4 is 5.32 Å². The molecule has 0 bridgehead atoms.